The largest absolute Gasteiger partial charge is 0.340 e. The first-order chi connectivity index (χ1) is 16.3. The van der Waals surface area contributed by atoms with Crippen LogP contribution in [-0.2, 0) is 17.8 Å². The van der Waals surface area contributed by atoms with E-state index in [0.29, 0.717) is 22.6 Å². The minimum absolute atomic E-state index is 0.151. The van der Waals surface area contributed by atoms with Gasteiger partial charge in [0.1, 0.15) is 17.7 Å². The molecular weight excluding hydrogens is 433 g/mol. The first kappa shape index (κ1) is 23.6. The lowest BCUT2D eigenvalue weighted by molar-refractivity contribution is -0.118. The van der Waals surface area contributed by atoms with Crippen molar-refractivity contribution in [3.05, 3.63) is 65.2 Å². The van der Waals surface area contributed by atoms with Crippen LogP contribution in [-0.4, -0.2) is 32.6 Å². The summed E-state index contributed by atoms with van der Waals surface area (Å²) in [6, 6.07) is 10.8. The van der Waals surface area contributed by atoms with Gasteiger partial charge in [-0.1, -0.05) is 38.0 Å². The molecule has 1 unspecified atom stereocenters. The molecule has 1 aliphatic heterocycles. The van der Waals surface area contributed by atoms with E-state index in [1.807, 2.05) is 37.5 Å². The third-order valence-corrected chi connectivity index (χ3v) is 6.13. The van der Waals surface area contributed by atoms with Crippen molar-refractivity contribution in [1.82, 2.24) is 20.1 Å². The smallest absolute Gasteiger partial charge is 0.251 e. The van der Waals surface area contributed by atoms with Gasteiger partial charge in [0.15, 0.2) is 5.82 Å². The van der Waals surface area contributed by atoms with Crippen LogP contribution in [0.5, 0.6) is 0 Å². The van der Waals surface area contributed by atoms with Gasteiger partial charge in [-0.2, -0.15) is 0 Å². The second kappa shape index (κ2) is 10.2. The number of hydrogen-bond acceptors (Lipinski definition) is 4. The fourth-order valence-corrected chi connectivity index (χ4v) is 4.14. The first-order valence-electron chi connectivity index (χ1n) is 11.7. The number of aromatic nitrogens is 3. The van der Waals surface area contributed by atoms with Gasteiger partial charge in [-0.15, -0.1) is 10.2 Å². The highest BCUT2D eigenvalue weighted by Gasteiger charge is 2.26. The molecule has 0 aliphatic carbocycles. The van der Waals surface area contributed by atoms with E-state index < -0.39 is 11.9 Å². The summed E-state index contributed by atoms with van der Waals surface area (Å²) in [6.45, 7) is 6.41. The van der Waals surface area contributed by atoms with Gasteiger partial charge in [0.25, 0.3) is 5.91 Å². The molecule has 0 saturated carbocycles. The van der Waals surface area contributed by atoms with Gasteiger partial charge in [0.05, 0.1) is 5.56 Å². The molecule has 2 amide bonds. The number of nitrogens with zero attached hydrogens (tertiary/aromatic N) is 3. The van der Waals surface area contributed by atoms with Crippen molar-refractivity contribution in [3.63, 3.8) is 0 Å². The molecular formula is C26H30FN5O2. The number of fused-ring (bicyclic) bond motifs is 1. The number of anilines is 1. The van der Waals surface area contributed by atoms with Gasteiger partial charge in [0.2, 0.25) is 5.91 Å². The highest BCUT2D eigenvalue weighted by Crippen LogP contribution is 2.27. The fourth-order valence-electron chi connectivity index (χ4n) is 4.14. The van der Waals surface area contributed by atoms with E-state index in [1.165, 1.54) is 12.1 Å². The molecule has 1 atom stereocenters. The van der Waals surface area contributed by atoms with E-state index >= 15 is 0 Å². The lowest BCUT2D eigenvalue weighted by Crippen LogP contribution is -2.47. The summed E-state index contributed by atoms with van der Waals surface area (Å²) in [7, 11) is 0. The molecule has 4 rings (SSSR count). The second-order valence-corrected chi connectivity index (χ2v) is 9.15. The molecule has 3 aromatic rings. The third-order valence-electron chi connectivity index (χ3n) is 6.13. The standard InChI is InChI=1S/C26H30FN5O2/c1-16(2)23(29-25(33)18-10-8-17(3)9-11-18)26(34)28-19-12-13-21(27)20(15-19)24-31-30-22-7-5-4-6-14-32(22)24/h8-13,15-16,23H,4-7,14H2,1-3H3,(H,28,34)(H,29,33). The van der Waals surface area contributed by atoms with Crippen LogP contribution in [0.3, 0.4) is 0 Å². The van der Waals surface area contributed by atoms with Crippen LogP contribution in [0.4, 0.5) is 10.1 Å². The Morgan fingerprint density at radius 3 is 2.53 bits per heavy atom. The Balaban J connectivity index is 1.53. The maximum absolute atomic E-state index is 14.8. The minimum Gasteiger partial charge on any atom is -0.340 e. The number of halogens is 1. The number of amides is 2. The van der Waals surface area contributed by atoms with Gasteiger partial charge >= 0.3 is 0 Å². The molecule has 1 aromatic heterocycles. The van der Waals surface area contributed by atoms with Crippen molar-refractivity contribution < 1.29 is 14.0 Å². The van der Waals surface area contributed by atoms with Crippen LogP contribution < -0.4 is 10.6 Å². The predicted octanol–water partition coefficient (Wildman–Crippen LogP) is 4.51. The van der Waals surface area contributed by atoms with E-state index in [2.05, 4.69) is 20.8 Å². The highest BCUT2D eigenvalue weighted by molar-refractivity contribution is 6.01. The van der Waals surface area contributed by atoms with E-state index in [0.717, 1.165) is 43.6 Å². The van der Waals surface area contributed by atoms with Crippen LogP contribution in [0.25, 0.3) is 11.4 Å². The Labute approximate surface area is 198 Å². The van der Waals surface area contributed by atoms with Crippen LogP contribution in [0.2, 0.25) is 0 Å². The zero-order chi connectivity index (χ0) is 24.2. The Morgan fingerprint density at radius 2 is 1.79 bits per heavy atom. The minimum atomic E-state index is -0.758. The Kier molecular flexibility index (Phi) is 7.05. The molecule has 7 nitrogen and oxygen atoms in total. The van der Waals surface area contributed by atoms with Gasteiger partial charge in [0, 0.05) is 24.2 Å². The quantitative estimate of drug-likeness (QED) is 0.563. The highest BCUT2D eigenvalue weighted by atomic mass is 19.1. The molecule has 2 heterocycles. The molecule has 2 aromatic carbocycles. The Bertz CT molecular complexity index is 1190. The maximum atomic E-state index is 14.8. The number of rotatable bonds is 6. The zero-order valence-electron chi connectivity index (χ0n) is 19.8. The molecule has 8 heteroatoms. The summed E-state index contributed by atoms with van der Waals surface area (Å²) in [4.78, 5) is 25.8. The fraction of sp³-hybridized carbons (Fsp3) is 0.385. The normalized spacial score (nSPS) is 14.3. The third kappa shape index (κ3) is 5.16. The molecule has 1 aliphatic rings. The number of nitrogens with one attached hydrogen (secondary N) is 2. The van der Waals surface area contributed by atoms with Crippen LogP contribution >= 0.6 is 0 Å². The lowest BCUT2D eigenvalue weighted by Gasteiger charge is -2.22. The van der Waals surface area contributed by atoms with Crippen molar-refractivity contribution in [3.8, 4) is 11.4 Å². The van der Waals surface area contributed by atoms with Crippen LogP contribution in [0.15, 0.2) is 42.5 Å². The van der Waals surface area contributed by atoms with Crippen molar-refractivity contribution in [2.45, 2.75) is 59.0 Å². The summed E-state index contributed by atoms with van der Waals surface area (Å²) < 4.78 is 16.7. The van der Waals surface area contributed by atoms with Crippen LogP contribution in [0.1, 0.15) is 54.9 Å². The van der Waals surface area contributed by atoms with E-state index in [4.69, 9.17) is 0 Å². The molecule has 0 radical (unpaired) electrons. The number of benzene rings is 2. The van der Waals surface area contributed by atoms with E-state index in [1.54, 1.807) is 18.2 Å². The molecule has 2 N–H and O–H groups in total. The van der Waals surface area contributed by atoms with Gasteiger partial charge in [-0.25, -0.2) is 4.39 Å². The van der Waals surface area contributed by atoms with Crippen molar-refractivity contribution >= 4 is 17.5 Å². The molecule has 0 saturated heterocycles. The predicted molar refractivity (Wildman–Crippen MR) is 129 cm³/mol. The Hall–Kier alpha value is -3.55. The summed E-state index contributed by atoms with van der Waals surface area (Å²) in [5.74, 6) is 0.0682. The van der Waals surface area contributed by atoms with Gasteiger partial charge in [-0.05, 0) is 56.0 Å². The van der Waals surface area contributed by atoms with E-state index in [-0.39, 0.29) is 17.7 Å². The van der Waals surface area contributed by atoms with Gasteiger partial charge < -0.3 is 15.2 Å². The molecule has 0 spiro atoms. The molecule has 0 bridgehead atoms. The van der Waals surface area contributed by atoms with Crippen LogP contribution in [0, 0.1) is 18.7 Å². The second-order valence-electron chi connectivity index (χ2n) is 9.15. The summed E-state index contributed by atoms with van der Waals surface area (Å²) in [5.41, 5.74) is 2.26. The lowest BCUT2D eigenvalue weighted by atomic mass is 10.0. The number of hydrogen-bond donors (Lipinski definition) is 2. The monoisotopic (exact) mass is 463 g/mol. The SMILES string of the molecule is Cc1ccc(C(=O)NC(C(=O)Nc2ccc(F)c(-c3nnc4n3CCCCC4)c2)C(C)C)cc1. The number of aryl methyl sites for hydroxylation is 2. The summed E-state index contributed by atoms with van der Waals surface area (Å²) in [5, 5.41) is 14.1. The van der Waals surface area contributed by atoms with Crippen molar-refractivity contribution in [2.75, 3.05) is 5.32 Å². The molecule has 34 heavy (non-hydrogen) atoms. The molecule has 0 fully saturated rings. The van der Waals surface area contributed by atoms with E-state index in [9.17, 15) is 14.0 Å². The Morgan fingerprint density at radius 1 is 1.03 bits per heavy atom. The summed E-state index contributed by atoms with van der Waals surface area (Å²) in [6.07, 6.45) is 3.96. The zero-order valence-corrected chi connectivity index (χ0v) is 19.8. The topological polar surface area (TPSA) is 88.9 Å². The van der Waals surface area contributed by atoms with Gasteiger partial charge in [-0.3, -0.25) is 9.59 Å². The average Bonchev–Trinajstić information content (AvgIpc) is 3.06. The first-order valence-corrected chi connectivity index (χ1v) is 11.7. The molecule has 178 valence electrons. The number of carbonyl (C=O) groups is 2. The maximum Gasteiger partial charge on any atom is 0.251 e. The summed E-state index contributed by atoms with van der Waals surface area (Å²) >= 11 is 0. The van der Waals surface area contributed by atoms with Crippen molar-refractivity contribution in [1.29, 1.82) is 0 Å². The number of carbonyl (C=O) groups excluding carboxylic acids is 2. The van der Waals surface area contributed by atoms with Crippen molar-refractivity contribution in [2.24, 2.45) is 5.92 Å². The average molecular weight is 464 g/mol.